The van der Waals surface area contributed by atoms with E-state index in [-0.39, 0.29) is 5.91 Å². The van der Waals surface area contributed by atoms with Crippen molar-refractivity contribution in [2.45, 2.75) is 0 Å². The van der Waals surface area contributed by atoms with Crippen LogP contribution in [0.2, 0.25) is 0 Å². The molecule has 1 aliphatic heterocycles. The lowest BCUT2D eigenvalue weighted by atomic mass is 10.1. The maximum Gasteiger partial charge on any atom is 0.241 e. The van der Waals surface area contributed by atoms with Gasteiger partial charge in [0.05, 0.1) is 6.54 Å². The minimum absolute atomic E-state index is 0.122. The monoisotopic (exact) mass is 272 g/mol. The Morgan fingerprint density at radius 2 is 2.00 bits per heavy atom. The smallest absolute Gasteiger partial charge is 0.241 e. The van der Waals surface area contributed by atoms with E-state index < -0.39 is 0 Å². The zero-order chi connectivity index (χ0) is 14.1. The molecule has 6 nitrogen and oxygen atoms in total. The van der Waals surface area contributed by atoms with Gasteiger partial charge in [0, 0.05) is 30.4 Å². The quantitative estimate of drug-likeness (QED) is 0.889. The second-order valence-corrected chi connectivity index (χ2v) is 4.94. The summed E-state index contributed by atoms with van der Waals surface area (Å²) in [6.45, 7) is 2.06. The Balaban J connectivity index is 1.81. The first-order chi connectivity index (χ1) is 9.63. The predicted molar refractivity (Wildman–Crippen MR) is 76.2 cm³/mol. The van der Waals surface area contributed by atoms with Gasteiger partial charge in [-0.15, -0.1) is 0 Å². The first kappa shape index (κ1) is 12.7. The van der Waals surface area contributed by atoms with Gasteiger partial charge in [0.25, 0.3) is 0 Å². The predicted octanol–water partition coefficient (Wildman–Crippen LogP) is 1.20. The number of likely N-dealkylation sites (N-methyl/N-ethyl adjacent to an activating group) is 1. The molecule has 2 heterocycles. The summed E-state index contributed by atoms with van der Waals surface area (Å²) in [5.41, 5.74) is 8.02. The molecule has 3 rings (SSSR count). The van der Waals surface area contributed by atoms with Crippen molar-refractivity contribution in [2.75, 3.05) is 37.3 Å². The fourth-order valence-corrected chi connectivity index (χ4v) is 2.30. The summed E-state index contributed by atoms with van der Waals surface area (Å²) < 4.78 is 4.85. The van der Waals surface area contributed by atoms with E-state index in [1.165, 1.54) is 0 Å². The van der Waals surface area contributed by atoms with Crippen LogP contribution in [-0.2, 0) is 4.79 Å². The molecule has 0 atom stereocenters. The number of carbonyl (C=O) groups excluding carboxylic acids is 1. The molecule has 0 saturated carbocycles. The number of rotatable bonds is 2. The van der Waals surface area contributed by atoms with E-state index in [1.807, 2.05) is 36.2 Å². The Bertz CT molecular complexity index is 620. The number of nitrogens with zero attached hydrogens (tertiary/aromatic N) is 3. The molecule has 1 aliphatic rings. The van der Waals surface area contributed by atoms with Gasteiger partial charge in [-0.2, -0.15) is 0 Å². The summed E-state index contributed by atoms with van der Waals surface area (Å²) in [5, 5.41) is 3.87. The highest BCUT2D eigenvalue weighted by Gasteiger charge is 2.22. The van der Waals surface area contributed by atoms with Gasteiger partial charge in [0.1, 0.15) is 5.69 Å². The SMILES string of the molecule is CN1CCN(c2ccc(-c3cc(N)on3)cc2)C(=O)C1. The summed E-state index contributed by atoms with van der Waals surface area (Å²) in [5.74, 6) is 0.413. The van der Waals surface area contributed by atoms with Crippen LogP contribution < -0.4 is 10.6 Å². The van der Waals surface area contributed by atoms with Crippen LogP contribution in [-0.4, -0.2) is 42.6 Å². The van der Waals surface area contributed by atoms with E-state index in [0.717, 1.165) is 17.8 Å². The summed E-state index contributed by atoms with van der Waals surface area (Å²) in [6, 6.07) is 9.35. The van der Waals surface area contributed by atoms with E-state index in [0.29, 0.717) is 24.7 Å². The van der Waals surface area contributed by atoms with Gasteiger partial charge in [-0.25, -0.2) is 0 Å². The van der Waals surface area contributed by atoms with Crippen molar-refractivity contribution in [3.8, 4) is 11.3 Å². The molecule has 1 fully saturated rings. The number of nitrogen functional groups attached to an aromatic ring is 1. The standard InChI is InChI=1S/C14H16N4O2/c1-17-6-7-18(14(19)9-17)11-4-2-10(3-5-11)12-8-13(15)20-16-12/h2-5,8H,6-7,9,15H2,1H3. The average Bonchev–Trinajstić information content (AvgIpc) is 2.86. The number of piperazine rings is 1. The van der Waals surface area contributed by atoms with E-state index in [4.69, 9.17) is 10.3 Å². The molecule has 1 saturated heterocycles. The minimum Gasteiger partial charge on any atom is -0.368 e. The van der Waals surface area contributed by atoms with Crippen LogP contribution in [0.15, 0.2) is 34.9 Å². The number of hydrogen-bond donors (Lipinski definition) is 1. The van der Waals surface area contributed by atoms with Crippen LogP contribution in [0.25, 0.3) is 11.3 Å². The molecule has 0 unspecified atom stereocenters. The topological polar surface area (TPSA) is 75.6 Å². The number of aromatic nitrogens is 1. The zero-order valence-electron chi connectivity index (χ0n) is 11.2. The molecule has 20 heavy (non-hydrogen) atoms. The van der Waals surface area contributed by atoms with Gasteiger partial charge < -0.3 is 15.2 Å². The molecule has 1 aromatic carbocycles. The minimum atomic E-state index is 0.122. The van der Waals surface area contributed by atoms with Crippen LogP contribution in [0, 0.1) is 0 Å². The van der Waals surface area contributed by atoms with E-state index in [2.05, 4.69) is 5.16 Å². The third kappa shape index (κ3) is 2.37. The first-order valence-corrected chi connectivity index (χ1v) is 6.45. The molecule has 1 aromatic heterocycles. The van der Waals surface area contributed by atoms with Crippen molar-refractivity contribution in [2.24, 2.45) is 0 Å². The normalized spacial score (nSPS) is 16.6. The van der Waals surface area contributed by atoms with Crippen molar-refractivity contribution >= 4 is 17.5 Å². The van der Waals surface area contributed by atoms with Gasteiger partial charge in [0.15, 0.2) is 0 Å². The van der Waals surface area contributed by atoms with Crippen LogP contribution in [0.3, 0.4) is 0 Å². The van der Waals surface area contributed by atoms with Gasteiger partial charge in [0.2, 0.25) is 11.8 Å². The Morgan fingerprint density at radius 1 is 1.25 bits per heavy atom. The molecule has 1 amide bonds. The second kappa shape index (κ2) is 4.97. The Labute approximate surface area is 116 Å². The van der Waals surface area contributed by atoms with Crippen molar-refractivity contribution in [1.82, 2.24) is 10.1 Å². The van der Waals surface area contributed by atoms with E-state index in [9.17, 15) is 4.79 Å². The average molecular weight is 272 g/mol. The van der Waals surface area contributed by atoms with Crippen LogP contribution in [0.4, 0.5) is 11.6 Å². The highest BCUT2D eigenvalue weighted by atomic mass is 16.5. The van der Waals surface area contributed by atoms with Crippen molar-refractivity contribution in [1.29, 1.82) is 0 Å². The zero-order valence-corrected chi connectivity index (χ0v) is 11.2. The highest BCUT2D eigenvalue weighted by Crippen LogP contribution is 2.24. The van der Waals surface area contributed by atoms with Crippen LogP contribution in [0.5, 0.6) is 0 Å². The molecule has 0 bridgehead atoms. The molecule has 0 radical (unpaired) electrons. The Kier molecular flexibility index (Phi) is 3.15. The number of carbonyl (C=O) groups is 1. The summed E-state index contributed by atoms with van der Waals surface area (Å²) in [4.78, 5) is 15.8. The van der Waals surface area contributed by atoms with Gasteiger partial charge in [-0.1, -0.05) is 17.3 Å². The van der Waals surface area contributed by atoms with Gasteiger partial charge in [-0.3, -0.25) is 9.69 Å². The van der Waals surface area contributed by atoms with Crippen LogP contribution >= 0.6 is 0 Å². The first-order valence-electron chi connectivity index (χ1n) is 6.45. The van der Waals surface area contributed by atoms with Gasteiger partial charge in [-0.05, 0) is 19.2 Å². The summed E-state index contributed by atoms with van der Waals surface area (Å²) in [7, 11) is 1.95. The molecular formula is C14H16N4O2. The number of benzene rings is 1. The van der Waals surface area contributed by atoms with E-state index in [1.54, 1.807) is 11.0 Å². The number of hydrogen-bond acceptors (Lipinski definition) is 5. The number of nitrogens with two attached hydrogens (primary N) is 1. The summed E-state index contributed by atoms with van der Waals surface area (Å²) in [6.07, 6.45) is 0. The van der Waals surface area contributed by atoms with Crippen molar-refractivity contribution in [3.05, 3.63) is 30.3 Å². The van der Waals surface area contributed by atoms with Crippen LogP contribution in [0.1, 0.15) is 0 Å². The lowest BCUT2D eigenvalue weighted by Crippen LogP contribution is -2.48. The summed E-state index contributed by atoms with van der Waals surface area (Å²) >= 11 is 0. The second-order valence-electron chi connectivity index (χ2n) is 4.94. The number of anilines is 2. The lowest BCUT2D eigenvalue weighted by Gasteiger charge is -2.32. The molecule has 0 aliphatic carbocycles. The fourth-order valence-electron chi connectivity index (χ4n) is 2.30. The maximum absolute atomic E-state index is 12.0. The number of amides is 1. The third-order valence-corrected chi connectivity index (χ3v) is 3.41. The maximum atomic E-state index is 12.0. The Morgan fingerprint density at radius 3 is 2.60 bits per heavy atom. The molecule has 6 heteroatoms. The molecule has 0 spiro atoms. The van der Waals surface area contributed by atoms with E-state index >= 15 is 0 Å². The largest absolute Gasteiger partial charge is 0.368 e. The molecule has 2 aromatic rings. The van der Waals surface area contributed by atoms with Crippen molar-refractivity contribution < 1.29 is 9.32 Å². The lowest BCUT2D eigenvalue weighted by molar-refractivity contribution is -0.120. The third-order valence-electron chi connectivity index (χ3n) is 3.41. The van der Waals surface area contributed by atoms with Gasteiger partial charge >= 0.3 is 0 Å². The molecule has 104 valence electrons. The molecule has 2 N–H and O–H groups in total. The Hall–Kier alpha value is -2.34. The fraction of sp³-hybridized carbons (Fsp3) is 0.286. The molecular weight excluding hydrogens is 256 g/mol. The van der Waals surface area contributed by atoms with Crippen molar-refractivity contribution in [3.63, 3.8) is 0 Å². The highest BCUT2D eigenvalue weighted by molar-refractivity contribution is 5.95.